The van der Waals surface area contributed by atoms with E-state index >= 15 is 0 Å². The first-order valence-corrected chi connectivity index (χ1v) is 10.6. The van der Waals surface area contributed by atoms with Gasteiger partial charge in [0, 0.05) is 16.6 Å². The number of aliphatic hydroxyl groups is 2. The summed E-state index contributed by atoms with van der Waals surface area (Å²) in [4.78, 5) is 19.2. The smallest absolute Gasteiger partial charge is 0.330 e. The van der Waals surface area contributed by atoms with Gasteiger partial charge in [0.1, 0.15) is 0 Å². The highest BCUT2D eigenvalue weighted by Crippen LogP contribution is 2.48. The molecular weight excluding hydrogens is 372 g/mol. The maximum Gasteiger partial charge on any atom is 0.330 e. The molecule has 0 unspecified atom stereocenters. The molecule has 0 spiro atoms. The van der Waals surface area contributed by atoms with Crippen molar-refractivity contribution >= 4 is 11.9 Å². The zero-order chi connectivity index (χ0) is 22.4. The van der Waals surface area contributed by atoms with Crippen LogP contribution < -0.4 is 0 Å². The molecule has 4 N–H and O–H groups in total. The van der Waals surface area contributed by atoms with Crippen LogP contribution in [0.2, 0.25) is 0 Å². The molecule has 2 saturated carbocycles. The Morgan fingerprint density at radius 2 is 0.966 bits per heavy atom. The fourth-order valence-corrected chi connectivity index (χ4v) is 4.25. The van der Waals surface area contributed by atoms with Gasteiger partial charge < -0.3 is 20.4 Å². The van der Waals surface area contributed by atoms with Crippen LogP contribution >= 0.6 is 0 Å². The molecule has 0 saturated heterocycles. The normalized spacial score (nSPS) is 17.8. The molecule has 0 aromatic carbocycles. The van der Waals surface area contributed by atoms with E-state index in [1.807, 2.05) is 0 Å². The predicted molar refractivity (Wildman–Crippen MR) is 115 cm³/mol. The maximum absolute atomic E-state index is 9.92. The lowest BCUT2D eigenvalue weighted by Crippen LogP contribution is -2.46. The van der Waals surface area contributed by atoms with Crippen molar-refractivity contribution in [2.45, 2.75) is 78.1 Å². The van der Waals surface area contributed by atoms with Gasteiger partial charge in [0.15, 0.2) is 0 Å². The van der Waals surface area contributed by atoms with Gasteiger partial charge in [-0.3, -0.25) is 0 Å². The molecule has 29 heavy (non-hydrogen) atoms. The predicted octanol–water partition coefficient (Wildman–Crippen LogP) is 4.41. The molecule has 0 heterocycles. The van der Waals surface area contributed by atoms with Crippen molar-refractivity contribution in [3.8, 4) is 0 Å². The molecule has 2 aliphatic carbocycles. The molecule has 2 rings (SSSR count). The van der Waals surface area contributed by atoms with E-state index in [2.05, 4.69) is 13.2 Å². The Morgan fingerprint density at radius 1 is 0.724 bits per heavy atom. The van der Waals surface area contributed by atoms with Crippen LogP contribution in [0.4, 0.5) is 0 Å². The number of carboxylic acid groups (broad SMARTS) is 2. The lowest BCUT2D eigenvalue weighted by molar-refractivity contribution is -0.133. The topological polar surface area (TPSA) is 115 Å². The summed E-state index contributed by atoms with van der Waals surface area (Å²) < 4.78 is 0. The Labute approximate surface area is 175 Å². The average molecular weight is 413 g/mol. The van der Waals surface area contributed by atoms with E-state index in [1.165, 1.54) is 78.1 Å². The van der Waals surface area contributed by atoms with Gasteiger partial charge in [-0.15, -0.1) is 0 Å². The fraction of sp³-hybridized carbons (Fsp3) is 0.739. The summed E-state index contributed by atoms with van der Waals surface area (Å²) in [5, 5.41) is 35.6. The maximum atomic E-state index is 9.92. The van der Waals surface area contributed by atoms with Gasteiger partial charge in [-0.25, -0.2) is 9.59 Å². The molecule has 6 heteroatoms. The van der Waals surface area contributed by atoms with E-state index in [1.54, 1.807) is 0 Å². The number of aliphatic hydroxyl groups excluding tert-OH is 2. The highest BCUT2D eigenvalue weighted by Gasteiger charge is 2.44. The van der Waals surface area contributed by atoms with E-state index in [0.717, 1.165) is 0 Å². The Kier molecular flexibility index (Phi) is 13.5. The first-order chi connectivity index (χ1) is 13.6. The van der Waals surface area contributed by atoms with Gasteiger partial charge in [-0.05, 0) is 51.4 Å². The van der Waals surface area contributed by atoms with Gasteiger partial charge in [-0.1, -0.05) is 51.7 Å². The summed E-state index contributed by atoms with van der Waals surface area (Å²) in [7, 11) is 0. The lowest BCUT2D eigenvalue weighted by Gasteiger charge is -2.47. The lowest BCUT2D eigenvalue weighted by atomic mass is 9.59. The number of hydrogen-bond acceptors (Lipinski definition) is 4. The second-order valence-electron chi connectivity index (χ2n) is 8.39. The number of aliphatic carboxylic acids is 2. The minimum Gasteiger partial charge on any atom is -0.478 e. The third-order valence-electron chi connectivity index (χ3n) is 6.16. The average Bonchev–Trinajstić information content (AvgIpc) is 2.72. The highest BCUT2D eigenvalue weighted by molar-refractivity contribution is 5.85. The summed E-state index contributed by atoms with van der Waals surface area (Å²) in [5.41, 5.74) is 0.186. The third-order valence-corrected chi connectivity index (χ3v) is 6.16. The summed E-state index contributed by atoms with van der Waals surface area (Å²) in [5.74, 6) is -0.742. The molecule has 0 amide bonds. The molecule has 0 bridgehead atoms. The molecule has 2 aliphatic rings. The van der Waals surface area contributed by atoms with E-state index < -0.39 is 11.9 Å². The van der Waals surface area contributed by atoms with Crippen molar-refractivity contribution in [3.05, 3.63) is 24.3 Å². The van der Waals surface area contributed by atoms with E-state index in [9.17, 15) is 19.8 Å². The summed E-state index contributed by atoms with van der Waals surface area (Å²) in [6.45, 7) is 9.59. The number of carboxylic acids is 2. The van der Waals surface area contributed by atoms with Gasteiger partial charge in [-0.2, -0.15) is 0 Å². The molecule has 0 aromatic heterocycles. The van der Waals surface area contributed by atoms with Gasteiger partial charge in [0.2, 0.25) is 0 Å². The molecule has 0 aromatic rings. The van der Waals surface area contributed by atoms with Crippen molar-refractivity contribution in [2.24, 2.45) is 17.3 Å². The van der Waals surface area contributed by atoms with Crippen LogP contribution in [0.3, 0.4) is 0 Å². The molecule has 6 nitrogen and oxygen atoms in total. The molecular formula is C23H40O6. The minimum atomic E-state index is -0.935. The van der Waals surface area contributed by atoms with Crippen molar-refractivity contribution in [2.75, 3.05) is 13.2 Å². The van der Waals surface area contributed by atoms with Gasteiger partial charge >= 0.3 is 11.9 Å². The van der Waals surface area contributed by atoms with Crippen LogP contribution in [-0.4, -0.2) is 45.6 Å². The molecule has 0 aliphatic heterocycles. The number of hydrogen-bond donors (Lipinski definition) is 4. The quantitative estimate of drug-likeness (QED) is 0.480. The van der Waals surface area contributed by atoms with Crippen molar-refractivity contribution < 1.29 is 30.0 Å². The largest absolute Gasteiger partial charge is 0.478 e. The summed E-state index contributed by atoms with van der Waals surface area (Å²) in [6.07, 6.45) is 12.7. The highest BCUT2D eigenvalue weighted by atomic mass is 16.4. The second kappa shape index (κ2) is 14.3. The van der Waals surface area contributed by atoms with E-state index in [0.29, 0.717) is 11.8 Å². The second-order valence-corrected chi connectivity index (χ2v) is 8.39. The minimum absolute atomic E-state index is 0.166. The van der Waals surface area contributed by atoms with Crippen molar-refractivity contribution in [1.82, 2.24) is 0 Å². The number of rotatable bonds is 6. The molecule has 168 valence electrons. The Balaban J connectivity index is 0.000000542. The summed E-state index contributed by atoms with van der Waals surface area (Å²) in [6, 6.07) is 0. The first-order valence-electron chi connectivity index (χ1n) is 10.6. The Bertz CT molecular complexity index is 455. The van der Waals surface area contributed by atoms with Crippen LogP contribution in [0.25, 0.3) is 0 Å². The fourth-order valence-electron chi connectivity index (χ4n) is 4.25. The van der Waals surface area contributed by atoms with Gasteiger partial charge in [0.25, 0.3) is 0 Å². The van der Waals surface area contributed by atoms with E-state index in [-0.39, 0.29) is 29.8 Å². The third kappa shape index (κ3) is 9.59. The summed E-state index contributed by atoms with van der Waals surface area (Å²) >= 11 is 0. The number of carbonyl (C=O) groups is 2. The Morgan fingerprint density at radius 3 is 1.14 bits per heavy atom. The molecule has 0 atom stereocenters. The van der Waals surface area contributed by atoms with Gasteiger partial charge in [0.05, 0.1) is 13.2 Å². The first kappa shape index (κ1) is 27.3. The zero-order valence-electron chi connectivity index (χ0n) is 18.2. The van der Waals surface area contributed by atoms with Crippen LogP contribution in [0.1, 0.15) is 78.1 Å². The zero-order valence-corrected chi connectivity index (χ0v) is 18.2. The molecule has 2 fully saturated rings. The Hall–Kier alpha value is -1.66. The SMILES string of the molecule is C=C(C)C(=O)O.C=C(C)C(=O)O.OCC(CO)(C1CCCCC1)C1CCCCC1. The monoisotopic (exact) mass is 412 g/mol. The van der Waals surface area contributed by atoms with Crippen LogP contribution in [0, 0.1) is 17.3 Å². The molecule has 0 radical (unpaired) electrons. The van der Waals surface area contributed by atoms with Crippen molar-refractivity contribution in [1.29, 1.82) is 0 Å². The van der Waals surface area contributed by atoms with E-state index in [4.69, 9.17) is 10.2 Å². The van der Waals surface area contributed by atoms with Crippen LogP contribution in [0.15, 0.2) is 24.3 Å². The van der Waals surface area contributed by atoms with Crippen LogP contribution in [0.5, 0.6) is 0 Å². The van der Waals surface area contributed by atoms with Crippen molar-refractivity contribution in [3.63, 3.8) is 0 Å². The van der Waals surface area contributed by atoms with Crippen LogP contribution in [-0.2, 0) is 9.59 Å². The standard InChI is InChI=1S/C15H28O2.2C4H6O2/c16-11-15(12-17,13-7-3-1-4-8-13)14-9-5-2-6-10-14;2*1-3(2)4(5)6/h13-14,16-17H,1-12H2;2*1H2,2H3,(H,5,6).